The van der Waals surface area contributed by atoms with E-state index in [0.29, 0.717) is 13.0 Å². The van der Waals surface area contributed by atoms with Crippen LogP contribution in [0.4, 0.5) is 0 Å². The third kappa shape index (κ3) is 1.53. The summed E-state index contributed by atoms with van der Waals surface area (Å²) in [6.45, 7) is 4.39. The lowest BCUT2D eigenvalue weighted by Crippen LogP contribution is -2.31. The standard InChI is InChI=1S/C9H11NO3S/c1-9(2)3-5-6(4-13-9)14-10-7(5)8(11)12/h3-4H2,1-2H3,(H,11,12). The van der Waals surface area contributed by atoms with Crippen LogP contribution in [0.5, 0.6) is 0 Å². The average Bonchev–Trinajstić information content (AvgIpc) is 2.44. The van der Waals surface area contributed by atoms with Crippen molar-refractivity contribution in [3.8, 4) is 0 Å². The zero-order valence-electron chi connectivity index (χ0n) is 8.03. The molecule has 0 fully saturated rings. The van der Waals surface area contributed by atoms with Gasteiger partial charge in [0, 0.05) is 12.0 Å². The van der Waals surface area contributed by atoms with Gasteiger partial charge >= 0.3 is 5.97 Å². The Morgan fingerprint density at radius 3 is 3.00 bits per heavy atom. The topological polar surface area (TPSA) is 59.4 Å². The Morgan fingerprint density at radius 2 is 2.36 bits per heavy atom. The Morgan fingerprint density at radius 1 is 1.64 bits per heavy atom. The van der Waals surface area contributed by atoms with Crippen LogP contribution < -0.4 is 0 Å². The number of carboxylic acid groups (broad SMARTS) is 1. The van der Waals surface area contributed by atoms with Crippen LogP contribution in [0.1, 0.15) is 34.8 Å². The molecule has 0 saturated heterocycles. The molecule has 1 aliphatic heterocycles. The largest absolute Gasteiger partial charge is 0.476 e. The van der Waals surface area contributed by atoms with Crippen molar-refractivity contribution < 1.29 is 14.6 Å². The fourth-order valence-corrected chi connectivity index (χ4v) is 2.32. The minimum Gasteiger partial charge on any atom is -0.476 e. The smallest absolute Gasteiger partial charge is 0.355 e. The first kappa shape index (κ1) is 9.61. The van der Waals surface area contributed by atoms with Gasteiger partial charge in [0.1, 0.15) is 0 Å². The normalized spacial score (nSPS) is 19.0. The SMILES string of the molecule is CC1(C)Cc2c(C(=O)O)nsc2CO1. The fraction of sp³-hybridized carbons (Fsp3) is 0.556. The van der Waals surface area contributed by atoms with Crippen LogP contribution in [0.2, 0.25) is 0 Å². The van der Waals surface area contributed by atoms with Crippen LogP contribution in [-0.2, 0) is 17.8 Å². The second-order valence-electron chi connectivity index (χ2n) is 3.96. The van der Waals surface area contributed by atoms with E-state index in [4.69, 9.17) is 9.84 Å². The predicted molar refractivity (Wildman–Crippen MR) is 51.6 cm³/mol. The van der Waals surface area contributed by atoms with Crippen LogP contribution in [0, 0.1) is 0 Å². The molecule has 1 N–H and O–H groups in total. The Balaban J connectivity index is 2.42. The first-order chi connectivity index (χ1) is 6.49. The summed E-state index contributed by atoms with van der Waals surface area (Å²) in [5, 5.41) is 8.90. The Labute approximate surface area is 85.7 Å². The molecule has 0 saturated carbocycles. The van der Waals surface area contributed by atoms with Crippen LogP contribution in [0.3, 0.4) is 0 Å². The van der Waals surface area contributed by atoms with E-state index < -0.39 is 5.97 Å². The monoisotopic (exact) mass is 213 g/mol. The van der Waals surface area contributed by atoms with Gasteiger partial charge in [-0.25, -0.2) is 4.79 Å². The minimum absolute atomic E-state index is 0.196. The van der Waals surface area contributed by atoms with Crippen LogP contribution in [-0.4, -0.2) is 21.1 Å². The molecule has 1 aromatic heterocycles. The molecule has 0 radical (unpaired) electrons. The zero-order chi connectivity index (χ0) is 10.3. The first-order valence-corrected chi connectivity index (χ1v) is 5.11. The Hall–Kier alpha value is -0.940. The van der Waals surface area contributed by atoms with Crippen molar-refractivity contribution in [2.24, 2.45) is 0 Å². The van der Waals surface area contributed by atoms with Gasteiger partial charge in [-0.05, 0) is 25.4 Å². The van der Waals surface area contributed by atoms with Crippen LogP contribution in [0.25, 0.3) is 0 Å². The van der Waals surface area contributed by atoms with Crippen molar-refractivity contribution in [1.82, 2.24) is 4.37 Å². The van der Waals surface area contributed by atoms with E-state index in [1.54, 1.807) is 0 Å². The molecule has 2 heterocycles. The zero-order valence-corrected chi connectivity index (χ0v) is 8.85. The molecule has 0 bridgehead atoms. The number of hydrogen-bond donors (Lipinski definition) is 1. The second-order valence-corrected chi connectivity index (χ2v) is 4.82. The van der Waals surface area contributed by atoms with Crippen molar-refractivity contribution in [2.75, 3.05) is 0 Å². The summed E-state index contributed by atoms with van der Waals surface area (Å²) in [7, 11) is 0. The molecule has 76 valence electrons. The van der Waals surface area contributed by atoms with Gasteiger partial charge < -0.3 is 9.84 Å². The van der Waals surface area contributed by atoms with E-state index in [1.165, 1.54) is 11.5 Å². The van der Waals surface area contributed by atoms with E-state index >= 15 is 0 Å². The molecule has 0 unspecified atom stereocenters. The molecule has 5 heteroatoms. The third-order valence-corrected chi connectivity index (χ3v) is 3.13. The maximum atomic E-state index is 10.8. The van der Waals surface area contributed by atoms with Crippen molar-refractivity contribution >= 4 is 17.5 Å². The molecular weight excluding hydrogens is 202 g/mol. The highest BCUT2D eigenvalue weighted by molar-refractivity contribution is 7.06. The molecule has 0 aliphatic carbocycles. The molecule has 0 amide bonds. The fourth-order valence-electron chi connectivity index (χ4n) is 1.54. The van der Waals surface area contributed by atoms with Gasteiger partial charge in [-0.1, -0.05) is 0 Å². The number of carbonyl (C=O) groups is 1. The van der Waals surface area contributed by atoms with Crippen molar-refractivity contribution in [2.45, 2.75) is 32.5 Å². The van der Waals surface area contributed by atoms with Crippen molar-refractivity contribution in [3.05, 3.63) is 16.1 Å². The highest BCUT2D eigenvalue weighted by Gasteiger charge is 2.31. The molecular formula is C9H11NO3S. The predicted octanol–water partition coefficient (Wildman–Crippen LogP) is 1.69. The molecule has 14 heavy (non-hydrogen) atoms. The van der Waals surface area contributed by atoms with Crippen LogP contribution >= 0.6 is 11.5 Å². The van der Waals surface area contributed by atoms with E-state index in [9.17, 15) is 4.79 Å². The summed E-state index contributed by atoms with van der Waals surface area (Å²) in [6.07, 6.45) is 0.625. The number of fused-ring (bicyclic) bond motifs is 1. The quantitative estimate of drug-likeness (QED) is 0.771. The average molecular weight is 213 g/mol. The van der Waals surface area contributed by atoms with Gasteiger partial charge in [0.15, 0.2) is 5.69 Å². The molecule has 0 spiro atoms. The molecule has 0 aromatic carbocycles. The van der Waals surface area contributed by atoms with E-state index in [1.807, 2.05) is 13.8 Å². The van der Waals surface area contributed by atoms with Crippen molar-refractivity contribution in [3.63, 3.8) is 0 Å². The third-order valence-electron chi connectivity index (χ3n) is 2.27. The number of ether oxygens (including phenoxy) is 1. The van der Waals surface area contributed by atoms with Crippen LogP contribution in [0.15, 0.2) is 0 Å². The summed E-state index contributed by atoms with van der Waals surface area (Å²) in [4.78, 5) is 11.8. The summed E-state index contributed by atoms with van der Waals surface area (Å²) >= 11 is 1.23. The summed E-state index contributed by atoms with van der Waals surface area (Å²) in [6, 6.07) is 0. The minimum atomic E-state index is -0.944. The summed E-state index contributed by atoms with van der Waals surface area (Å²) in [5.41, 5.74) is 0.764. The van der Waals surface area contributed by atoms with Gasteiger partial charge in [0.2, 0.25) is 0 Å². The van der Waals surface area contributed by atoms with Gasteiger partial charge in [-0.3, -0.25) is 0 Å². The molecule has 2 rings (SSSR count). The number of nitrogens with zero attached hydrogens (tertiary/aromatic N) is 1. The van der Waals surface area contributed by atoms with E-state index in [2.05, 4.69) is 4.37 Å². The van der Waals surface area contributed by atoms with Gasteiger partial charge in [-0.2, -0.15) is 4.37 Å². The maximum Gasteiger partial charge on any atom is 0.355 e. The lowest BCUT2D eigenvalue weighted by molar-refractivity contribution is -0.0384. The number of carboxylic acids is 1. The van der Waals surface area contributed by atoms with Gasteiger partial charge in [0.05, 0.1) is 17.1 Å². The molecule has 0 atom stereocenters. The Bertz CT molecular complexity index is 383. The van der Waals surface area contributed by atoms with Gasteiger partial charge in [-0.15, -0.1) is 0 Å². The summed E-state index contributed by atoms with van der Waals surface area (Å²) < 4.78 is 9.49. The lowest BCUT2D eigenvalue weighted by Gasteiger charge is -2.29. The van der Waals surface area contributed by atoms with Crippen molar-refractivity contribution in [1.29, 1.82) is 0 Å². The highest BCUT2D eigenvalue weighted by Crippen LogP contribution is 2.32. The molecule has 1 aliphatic rings. The molecule has 4 nitrogen and oxygen atoms in total. The van der Waals surface area contributed by atoms with Gasteiger partial charge in [0.25, 0.3) is 0 Å². The highest BCUT2D eigenvalue weighted by atomic mass is 32.1. The molecule has 1 aromatic rings. The second kappa shape index (κ2) is 3.03. The van der Waals surface area contributed by atoms with E-state index in [-0.39, 0.29) is 11.3 Å². The van der Waals surface area contributed by atoms with E-state index in [0.717, 1.165) is 10.4 Å². The summed E-state index contributed by atoms with van der Waals surface area (Å²) in [5.74, 6) is -0.944. The maximum absolute atomic E-state index is 10.8. The Kier molecular flexibility index (Phi) is 2.08. The number of rotatable bonds is 1. The lowest BCUT2D eigenvalue weighted by atomic mass is 9.95. The number of aromatic nitrogens is 1. The number of aromatic carboxylic acids is 1. The first-order valence-electron chi connectivity index (χ1n) is 4.34. The number of hydrogen-bond acceptors (Lipinski definition) is 4.